The van der Waals surface area contributed by atoms with Crippen molar-refractivity contribution in [3.63, 3.8) is 0 Å². The van der Waals surface area contributed by atoms with Crippen molar-refractivity contribution in [2.24, 2.45) is 0 Å². The molecule has 0 bridgehead atoms. The summed E-state index contributed by atoms with van der Waals surface area (Å²) in [6.07, 6.45) is 3.72. The normalized spacial score (nSPS) is 18.3. The summed E-state index contributed by atoms with van der Waals surface area (Å²) in [6.45, 7) is 3.28. The largest absolute Gasteiger partial charge is 0.338 e. The molecule has 8 heteroatoms. The van der Waals surface area contributed by atoms with E-state index >= 15 is 0 Å². The molecule has 0 N–H and O–H groups in total. The predicted octanol–water partition coefficient (Wildman–Crippen LogP) is 3.22. The zero-order valence-corrected chi connectivity index (χ0v) is 14.6. The Hall–Kier alpha value is -2.61. The lowest BCUT2D eigenvalue weighted by Crippen LogP contribution is -2.33. The van der Waals surface area contributed by atoms with Crippen molar-refractivity contribution in [1.82, 2.24) is 25.2 Å². The molecule has 1 atom stereocenters. The highest BCUT2D eigenvalue weighted by molar-refractivity contribution is 5.19. The van der Waals surface area contributed by atoms with Crippen molar-refractivity contribution < 1.29 is 13.4 Å². The van der Waals surface area contributed by atoms with Crippen LogP contribution in [-0.4, -0.2) is 31.7 Å². The second-order valence-electron chi connectivity index (χ2n) is 6.57. The number of benzene rings is 1. The van der Waals surface area contributed by atoms with Crippen LogP contribution in [0.2, 0.25) is 0 Å². The number of rotatable bonds is 5. The monoisotopic (exact) mass is 357 g/mol. The first-order valence-corrected chi connectivity index (χ1v) is 8.77. The van der Waals surface area contributed by atoms with E-state index < -0.39 is 0 Å². The Labute approximate surface area is 150 Å². The molecule has 3 aromatic rings. The molecule has 26 heavy (non-hydrogen) atoms. The minimum absolute atomic E-state index is 0.0809. The molecule has 1 aliphatic heterocycles. The summed E-state index contributed by atoms with van der Waals surface area (Å²) in [6, 6.07) is 6.40. The molecule has 1 saturated heterocycles. The van der Waals surface area contributed by atoms with Gasteiger partial charge in [0.15, 0.2) is 11.6 Å². The van der Waals surface area contributed by atoms with Crippen molar-refractivity contribution in [1.29, 1.82) is 0 Å². The first-order chi connectivity index (χ1) is 12.7. The summed E-state index contributed by atoms with van der Waals surface area (Å²) in [5, 5.41) is 7.94. The van der Waals surface area contributed by atoms with Gasteiger partial charge in [0.1, 0.15) is 5.82 Å². The molecule has 2 aromatic heterocycles. The Morgan fingerprint density at radius 3 is 2.73 bits per heavy atom. The SMILES string of the molecule is Cc1noc([C@@H]2CCCCN2Cc2nc(Cc3ccc(F)cc3)no2)n1. The third kappa shape index (κ3) is 3.80. The highest BCUT2D eigenvalue weighted by Gasteiger charge is 2.29. The van der Waals surface area contributed by atoms with Gasteiger partial charge in [-0.2, -0.15) is 9.97 Å². The number of hydrogen-bond acceptors (Lipinski definition) is 7. The average molecular weight is 357 g/mol. The number of aryl methyl sites for hydroxylation is 1. The Bertz CT molecular complexity index is 861. The molecule has 136 valence electrons. The Morgan fingerprint density at radius 2 is 1.96 bits per heavy atom. The van der Waals surface area contributed by atoms with Gasteiger partial charge in [-0.1, -0.05) is 28.9 Å². The van der Waals surface area contributed by atoms with Crippen molar-refractivity contribution >= 4 is 0 Å². The maximum absolute atomic E-state index is 13.0. The lowest BCUT2D eigenvalue weighted by atomic mass is 10.0. The first kappa shape index (κ1) is 16.8. The molecule has 1 fully saturated rings. The van der Waals surface area contributed by atoms with Crippen molar-refractivity contribution in [2.75, 3.05) is 6.54 Å². The second-order valence-corrected chi connectivity index (χ2v) is 6.57. The number of aromatic nitrogens is 4. The molecular weight excluding hydrogens is 337 g/mol. The minimum atomic E-state index is -0.255. The number of hydrogen-bond donors (Lipinski definition) is 0. The number of nitrogens with zero attached hydrogens (tertiary/aromatic N) is 5. The van der Waals surface area contributed by atoms with E-state index in [1.54, 1.807) is 12.1 Å². The van der Waals surface area contributed by atoms with Crippen LogP contribution in [0.3, 0.4) is 0 Å². The highest BCUT2D eigenvalue weighted by Crippen LogP contribution is 2.31. The Balaban J connectivity index is 1.44. The zero-order valence-electron chi connectivity index (χ0n) is 14.6. The molecule has 4 rings (SSSR count). The molecule has 0 spiro atoms. The van der Waals surface area contributed by atoms with E-state index in [2.05, 4.69) is 25.2 Å². The minimum Gasteiger partial charge on any atom is -0.338 e. The standard InChI is InChI=1S/C18H20FN5O2/c1-12-20-18(26-22-12)15-4-2-3-9-24(15)11-17-21-16(23-25-17)10-13-5-7-14(19)8-6-13/h5-8,15H,2-4,9-11H2,1H3/t15-/m0/s1. The van der Waals surface area contributed by atoms with Crippen LogP contribution >= 0.6 is 0 Å². The van der Waals surface area contributed by atoms with Gasteiger partial charge in [0.05, 0.1) is 12.6 Å². The maximum Gasteiger partial charge on any atom is 0.243 e. The van der Waals surface area contributed by atoms with Gasteiger partial charge in [0.25, 0.3) is 0 Å². The molecule has 7 nitrogen and oxygen atoms in total. The van der Waals surface area contributed by atoms with E-state index in [1.165, 1.54) is 12.1 Å². The maximum atomic E-state index is 13.0. The van der Waals surface area contributed by atoms with Gasteiger partial charge in [-0.3, -0.25) is 4.90 Å². The molecule has 1 aromatic carbocycles. The molecule has 0 amide bonds. The number of halogens is 1. The van der Waals surface area contributed by atoms with Crippen LogP contribution in [-0.2, 0) is 13.0 Å². The fraction of sp³-hybridized carbons (Fsp3) is 0.444. The van der Waals surface area contributed by atoms with E-state index in [-0.39, 0.29) is 11.9 Å². The zero-order chi connectivity index (χ0) is 17.9. The molecule has 3 heterocycles. The van der Waals surface area contributed by atoms with E-state index in [9.17, 15) is 4.39 Å². The summed E-state index contributed by atoms with van der Waals surface area (Å²) in [4.78, 5) is 11.1. The highest BCUT2D eigenvalue weighted by atomic mass is 19.1. The van der Waals surface area contributed by atoms with E-state index in [0.717, 1.165) is 31.4 Å². The van der Waals surface area contributed by atoms with Gasteiger partial charge in [0, 0.05) is 6.42 Å². The first-order valence-electron chi connectivity index (χ1n) is 8.77. The van der Waals surface area contributed by atoms with Gasteiger partial charge in [-0.25, -0.2) is 4.39 Å². The quantitative estimate of drug-likeness (QED) is 0.693. The summed E-state index contributed by atoms with van der Waals surface area (Å²) in [7, 11) is 0. The van der Waals surface area contributed by atoms with Gasteiger partial charge >= 0.3 is 0 Å². The van der Waals surface area contributed by atoms with Crippen LogP contribution in [0.15, 0.2) is 33.3 Å². The van der Waals surface area contributed by atoms with E-state index in [1.807, 2.05) is 6.92 Å². The smallest absolute Gasteiger partial charge is 0.243 e. The van der Waals surface area contributed by atoms with Crippen molar-refractivity contribution in [3.8, 4) is 0 Å². The summed E-state index contributed by atoms with van der Waals surface area (Å²) >= 11 is 0. The van der Waals surface area contributed by atoms with Gasteiger partial charge < -0.3 is 9.05 Å². The fourth-order valence-corrected chi connectivity index (χ4v) is 3.29. The summed E-state index contributed by atoms with van der Waals surface area (Å²) in [5.41, 5.74) is 0.941. The van der Waals surface area contributed by atoms with Crippen LogP contribution in [0.4, 0.5) is 4.39 Å². The van der Waals surface area contributed by atoms with E-state index in [4.69, 9.17) is 9.05 Å². The van der Waals surface area contributed by atoms with E-state index in [0.29, 0.717) is 36.4 Å². The molecular formula is C18H20FN5O2. The predicted molar refractivity (Wildman–Crippen MR) is 89.5 cm³/mol. The van der Waals surface area contributed by atoms with Crippen molar-refractivity contribution in [3.05, 3.63) is 59.1 Å². The lowest BCUT2D eigenvalue weighted by molar-refractivity contribution is 0.0985. The molecule has 0 unspecified atom stereocenters. The third-order valence-electron chi connectivity index (χ3n) is 4.57. The third-order valence-corrected chi connectivity index (χ3v) is 4.57. The van der Waals surface area contributed by atoms with Crippen LogP contribution in [0.1, 0.15) is 54.3 Å². The Morgan fingerprint density at radius 1 is 1.12 bits per heavy atom. The molecule has 0 aliphatic carbocycles. The fourth-order valence-electron chi connectivity index (χ4n) is 3.29. The van der Waals surface area contributed by atoms with Crippen molar-refractivity contribution in [2.45, 2.75) is 45.2 Å². The number of likely N-dealkylation sites (tertiary alicyclic amines) is 1. The molecule has 0 saturated carbocycles. The van der Waals surface area contributed by atoms with Crippen LogP contribution in [0.5, 0.6) is 0 Å². The second kappa shape index (κ2) is 7.33. The van der Waals surface area contributed by atoms with Crippen LogP contribution in [0, 0.1) is 12.7 Å². The van der Waals surface area contributed by atoms with Gasteiger partial charge in [-0.15, -0.1) is 0 Å². The van der Waals surface area contributed by atoms with Crippen LogP contribution < -0.4 is 0 Å². The van der Waals surface area contributed by atoms with Gasteiger partial charge in [0.2, 0.25) is 11.8 Å². The molecule has 0 radical (unpaired) electrons. The van der Waals surface area contributed by atoms with Crippen LogP contribution in [0.25, 0.3) is 0 Å². The summed E-state index contributed by atoms with van der Waals surface area (Å²) in [5.74, 6) is 2.19. The topological polar surface area (TPSA) is 81.1 Å². The number of piperidine rings is 1. The summed E-state index contributed by atoms with van der Waals surface area (Å²) < 4.78 is 23.8. The van der Waals surface area contributed by atoms with Gasteiger partial charge in [-0.05, 0) is 44.0 Å². The Kier molecular flexibility index (Phi) is 4.75. The molecule has 1 aliphatic rings. The average Bonchev–Trinajstić information content (AvgIpc) is 3.26. The lowest BCUT2D eigenvalue weighted by Gasteiger charge is -2.31.